The minimum atomic E-state index is -3.72. The fraction of sp³-hybridized carbons (Fsp3) is 0.308. The summed E-state index contributed by atoms with van der Waals surface area (Å²) in [4.78, 5) is 11.6. The van der Waals surface area contributed by atoms with Crippen LogP contribution >= 0.6 is 22.9 Å². The average molecular weight is 333 g/mol. The molecule has 0 bridgehead atoms. The van der Waals surface area contributed by atoms with E-state index in [4.69, 9.17) is 11.6 Å². The first kappa shape index (κ1) is 15.4. The summed E-state index contributed by atoms with van der Waals surface area (Å²) < 4.78 is 28.3. The number of fused-ring (bicyclic) bond motifs is 1. The van der Waals surface area contributed by atoms with Crippen molar-refractivity contribution in [3.63, 3.8) is 0 Å². The van der Waals surface area contributed by atoms with E-state index in [2.05, 4.69) is 4.18 Å². The van der Waals surface area contributed by atoms with Gasteiger partial charge in [-0.3, -0.25) is 8.98 Å². The summed E-state index contributed by atoms with van der Waals surface area (Å²) >= 11 is 6.73. The fourth-order valence-corrected chi connectivity index (χ4v) is 3.74. The minimum Gasteiger partial charge on any atom is -0.275 e. The van der Waals surface area contributed by atoms with E-state index in [1.54, 1.807) is 38.1 Å². The number of carbonyl (C=O) groups excluding carboxylic acids is 1. The smallest absolute Gasteiger partial charge is 0.275 e. The number of hydrogen-bond donors (Lipinski definition) is 0. The molecule has 1 heterocycles. The summed E-state index contributed by atoms with van der Waals surface area (Å²) in [7, 11) is -2.58. The van der Waals surface area contributed by atoms with Crippen LogP contribution in [-0.4, -0.2) is 20.8 Å². The van der Waals surface area contributed by atoms with Crippen molar-refractivity contribution in [2.24, 2.45) is 0 Å². The van der Waals surface area contributed by atoms with Crippen LogP contribution in [0.3, 0.4) is 0 Å². The molecule has 0 amide bonds. The minimum absolute atomic E-state index is 0.436. The lowest BCUT2D eigenvalue weighted by atomic mass is 10.0. The van der Waals surface area contributed by atoms with Gasteiger partial charge in [0.15, 0.2) is 0 Å². The molecule has 0 saturated carbocycles. The van der Waals surface area contributed by atoms with Crippen LogP contribution in [0.25, 0.3) is 10.1 Å². The van der Waals surface area contributed by atoms with Crippen molar-refractivity contribution in [3.05, 3.63) is 34.7 Å². The molecule has 0 spiro atoms. The van der Waals surface area contributed by atoms with Gasteiger partial charge in [0.2, 0.25) is 0 Å². The number of benzene rings is 1. The maximum Gasteiger partial charge on any atom is 0.276 e. The Kier molecular flexibility index (Phi) is 3.94. The second-order valence-electron chi connectivity index (χ2n) is 4.77. The molecule has 0 saturated heterocycles. The van der Waals surface area contributed by atoms with Crippen LogP contribution in [0.4, 0.5) is 0 Å². The van der Waals surface area contributed by atoms with Gasteiger partial charge in [0.25, 0.3) is 15.4 Å². The van der Waals surface area contributed by atoms with Gasteiger partial charge in [-0.2, -0.15) is 8.42 Å². The molecular formula is C13H13ClO4S2. The normalized spacial score (nSPS) is 12.8. The molecule has 0 fully saturated rings. The van der Waals surface area contributed by atoms with Gasteiger partial charge >= 0.3 is 0 Å². The highest BCUT2D eigenvalue weighted by molar-refractivity contribution is 7.87. The maximum atomic E-state index is 12.0. The zero-order valence-corrected chi connectivity index (χ0v) is 13.5. The third-order valence-corrected chi connectivity index (χ3v) is 6.60. The molecule has 4 nitrogen and oxygen atoms in total. The number of rotatable bonds is 4. The molecule has 0 unspecified atom stereocenters. The number of halogens is 1. The number of hydrogen-bond acceptors (Lipinski definition) is 5. The monoisotopic (exact) mass is 332 g/mol. The highest BCUT2D eigenvalue weighted by atomic mass is 35.5. The Hall–Kier alpha value is -0.950. The predicted octanol–water partition coefficient (Wildman–Crippen LogP) is 3.49. The van der Waals surface area contributed by atoms with Gasteiger partial charge in [-0.05, 0) is 54.6 Å². The van der Waals surface area contributed by atoms with Crippen LogP contribution in [0, 0.1) is 0 Å². The van der Waals surface area contributed by atoms with Crippen molar-refractivity contribution in [1.29, 1.82) is 0 Å². The van der Waals surface area contributed by atoms with E-state index in [-0.39, 0.29) is 0 Å². The van der Waals surface area contributed by atoms with Crippen molar-refractivity contribution in [2.75, 3.05) is 7.11 Å². The number of carbonyl (C=O) groups is 1. The standard InChI is InChI=1S/C13H13ClO4S2/c1-13(2,20(16,17)18-3)9-4-5-10-8(6-9)7-11(19-10)12(14)15/h4-7H,1-3H3. The topological polar surface area (TPSA) is 60.4 Å². The Morgan fingerprint density at radius 1 is 1.30 bits per heavy atom. The summed E-state index contributed by atoms with van der Waals surface area (Å²) in [5, 5.41) is 0.271. The first-order valence-electron chi connectivity index (χ1n) is 5.73. The van der Waals surface area contributed by atoms with Crippen molar-refractivity contribution >= 4 is 48.4 Å². The molecule has 1 aromatic carbocycles. The summed E-state index contributed by atoms with van der Waals surface area (Å²) in [6.07, 6.45) is 0. The molecule has 20 heavy (non-hydrogen) atoms. The third kappa shape index (κ3) is 2.48. The van der Waals surface area contributed by atoms with Crippen molar-refractivity contribution in [2.45, 2.75) is 18.6 Å². The SMILES string of the molecule is COS(=O)(=O)C(C)(C)c1ccc2sc(C(=O)Cl)cc2c1. The van der Waals surface area contributed by atoms with Gasteiger partial charge in [0.05, 0.1) is 12.0 Å². The first-order chi connectivity index (χ1) is 9.19. The molecule has 0 aliphatic rings. The van der Waals surface area contributed by atoms with Crippen LogP contribution in [0.15, 0.2) is 24.3 Å². The number of thiophene rings is 1. The molecule has 1 aromatic heterocycles. The van der Waals surface area contributed by atoms with E-state index < -0.39 is 20.1 Å². The predicted molar refractivity (Wildman–Crippen MR) is 81.0 cm³/mol. The summed E-state index contributed by atoms with van der Waals surface area (Å²) in [6, 6.07) is 6.91. The van der Waals surface area contributed by atoms with E-state index in [1.807, 2.05) is 0 Å². The van der Waals surface area contributed by atoms with Crippen LogP contribution in [0.1, 0.15) is 29.1 Å². The highest BCUT2D eigenvalue weighted by Gasteiger charge is 2.36. The van der Waals surface area contributed by atoms with E-state index >= 15 is 0 Å². The molecule has 0 aliphatic carbocycles. The molecule has 0 aliphatic heterocycles. The lowest BCUT2D eigenvalue weighted by molar-refractivity contribution is 0.108. The van der Waals surface area contributed by atoms with Crippen LogP contribution < -0.4 is 0 Å². The molecule has 0 radical (unpaired) electrons. The largest absolute Gasteiger partial charge is 0.276 e. The zero-order valence-electron chi connectivity index (χ0n) is 11.1. The second kappa shape index (κ2) is 5.11. The first-order valence-corrected chi connectivity index (χ1v) is 8.33. The van der Waals surface area contributed by atoms with Gasteiger partial charge < -0.3 is 0 Å². The Balaban J connectivity index is 2.59. The average Bonchev–Trinajstić information content (AvgIpc) is 2.81. The van der Waals surface area contributed by atoms with E-state index in [9.17, 15) is 13.2 Å². The summed E-state index contributed by atoms with van der Waals surface area (Å²) in [6.45, 7) is 3.15. The lowest BCUT2D eigenvalue weighted by Gasteiger charge is -2.23. The molecule has 7 heteroatoms. The Morgan fingerprint density at radius 2 is 1.95 bits per heavy atom. The van der Waals surface area contributed by atoms with Crippen LogP contribution in [0.5, 0.6) is 0 Å². The second-order valence-corrected chi connectivity index (χ2v) is 8.46. The molecule has 0 atom stereocenters. The lowest BCUT2D eigenvalue weighted by Crippen LogP contribution is -2.30. The van der Waals surface area contributed by atoms with Gasteiger partial charge in [-0.25, -0.2) is 0 Å². The van der Waals surface area contributed by atoms with E-state index in [1.165, 1.54) is 11.3 Å². The molecular weight excluding hydrogens is 320 g/mol. The van der Waals surface area contributed by atoms with Crippen molar-refractivity contribution in [1.82, 2.24) is 0 Å². The van der Waals surface area contributed by atoms with Gasteiger partial charge in [-0.1, -0.05) is 6.07 Å². The van der Waals surface area contributed by atoms with Crippen LogP contribution in [0.2, 0.25) is 0 Å². The Morgan fingerprint density at radius 3 is 2.50 bits per heavy atom. The third-order valence-electron chi connectivity index (χ3n) is 3.25. The molecule has 2 aromatic rings. The van der Waals surface area contributed by atoms with E-state index in [0.29, 0.717) is 10.4 Å². The fourth-order valence-electron chi connectivity index (χ4n) is 1.87. The Labute approximate surface area is 126 Å². The highest BCUT2D eigenvalue weighted by Crippen LogP contribution is 2.35. The molecule has 2 rings (SSSR count). The summed E-state index contributed by atoms with van der Waals surface area (Å²) in [5.74, 6) is 0. The quantitative estimate of drug-likeness (QED) is 0.635. The van der Waals surface area contributed by atoms with Crippen molar-refractivity contribution < 1.29 is 17.4 Å². The van der Waals surface area contributed by atoms with Gasteiger partial charge in [0, 0.05) is 4.70 Å². The maximum absolute atomic E-state index is 12.0. The molecule has 108 valence electrons. The summed E-state index contributed by atoms with van der Waals surface area (Å²) in [5.41, 5.74) is 0.596. The molecule has 0 N–H and O–H groups in total. The van der Waals surface area contributed by atoms with Gasteiger partial charge in [-0.15, -0.1) is 11.3 Å². The van der Waals surface area contributed by atoms with Gasteiger partial charge in [0.1, 0.15) is 4.75 Å². The Bertz CT molecular complexity index is 775. The van der Waals surface area contributed by atoms with Crippen molar-refractivity contribution in [3.8, 4) is 0 Å². The van der Waals surface area contributed by atoms with Crippen LogP contribution in [-0.2, 0) is 19.0 Å². The van der Waals surface area contributed by atoms with E-state index in [0.717, 1.165) is 17.2 Å². The zero-order chi connectivity index (χ0) is 15.1.